The van der Waals surface area contributed by atoms with Gasteiger partial charge in [-0.2, -0.15) is 0 Å². The van der Waals surface area contributed by atoms with Crippen LogP contribution in [0.2, 0.25) is 0 Å². The molecule has 8 nitrogen and oxygen atoms in total. The van der Waals surface area contributed by atoms with Crippen LogP contribution in [0.15, 0.2) is 67.9 Å². The van der Waals surface area contributed by atoms with Gasteiger partial charge in [-0.25, -0.2) is 8.42 Å². The Morgan fingerprint density at radius 2 is 0.933 bits per heavy atom. The van der Waals surface area contributed by atoms with E-state index < -0.39 is 22.2 Å². The lowest BCUT2D eigenvalue weighted by Gasteiger charge is -2.08. The summed E-state index contributed by atoms with van der Waals surface area (Å²) in [6, 6.07) is 11.8. The molecule has 0 radical (unpaired) electrons. The zero-order valence-electron chi connectivity index (χ0n) is 15.0. The second-order valence-electron chi connectivity index (χ2n) is 6.76. The second-order valence-corrected chi connectivity index (χ2v) is 8.70. The molecule has 0 amide bonds. The van der Waals surface area contributed by atoms with Crippen LogP contribution in [0.1, 0.15) is 0 Å². The van der Waals surface area contributed by atoms with E-state index in [0.717, 1.165) is 0 Å². The molecular weight excluding hydrogens is 428 g/mol. The molecule has 0 fully saturated rings. The maximum atomic E-state index is 13.0. The van der Waals surface area contributed by atoms with Crippen molar-refractivity contribution in [2.45, 2.75) is 9.79 Å². The van der Waals surface area contributed by atoms with E-state index in [1.54, 1.807) is 12.1 Å². The summed E-state index contributed by atoms with van der Waals surface area (Å²) >= 11 is -4.38. The summed E-state index contributed by atoms with van der Waals surface area (Å²) in [6.45, 7) is 0. The Morgan fingerprint density at radius 3 is 1.30 bits per heavy atom. The largest absolute Gasteiger partial charge is 0.354 e. The number of nitrogens with one attached hydrogen (secondary N) is 2. The van der Waals surface area contributed by atoms with Crippen LogP contribution in [0.5, 0.6) is 0 Å². The number of aromatic nitrogens is 2. The number of aromatic amines is 2. The minimum atomic E-state index is -2.19. The molecule has 3 aromatic carbocycles. The summed E-state index contributed by atoms with van der Waals surface area (Å²) in [7, 11) is 0. The number of H-pyrrole nitrogens is 2. The van der Waals surface area contributed by atoms with Crippen molar-refractivity contribution in [1.82, 2.24) is 9.97 Å². The highest BCUT2D eigenvalue weighted by Crippen LogP contribution is 2.23. The van der Waals surface area contributed by atoms with Crippen LogP contribution >= 0.6 is 0 Å². The molecule has 0 aliphatic carbocycles. The molecular formula is C20H12N2O6S2. The van der Waals surface area contributed by atoms with Crippen molar-refractivity contribution < 1.29 is 17.5 Å². The van der Waals surface area contributed by atoms with Crippen molar-refractivity contribution in [2.24, 2.45) is 0 Å². The molecule has 2 aromatic heterocycles. The Bertz CT molecular complexity index is 1580. The summed E-state index contributed by atoms with van der Waals surface area (Å²) < 4.78 is 41.3. The molecule has 4 N–H and O–H groups in total. The molecule has 0 aliphatic heterocycles. The van der Waals surface area contributed by atoms with Crippen molar-refractivity contribution in [3.63, 3.8) is 0 Å². The first kappa shape index (κ1) is 18.8. The number of hydrogen-bond donors (Lipinski definition) is 4. The van der Waals surface area contributed by atoms with E-state index in [1.807, 2.05) is 0 Å². The monoisotopic (exact) mass is 440 g/mol. The molecule has 10 heteroatoms. The highest BCUT2D eigenvalue weighted by atomic mass is 32.2. The molecule has 2 heterocycles. The average molecular weight is 440 g/mol. The first-order valence-electron chi connectivity index (χ1n) is 8.65. The molecule has 0 saturated heterocycles. The highest BCUT2D eigenvalue weighted by molar-refractivity contribution is 7.79. The average Bonchev–Trinajstić information content (AvgIpc) is 2.72. The standard InChI is InChI=1S/C20H12N2O6S2/c23-19-11-3-1-9(29(25)26)5-15(11)21-17-8-14-18(7-13(17)19)22-16-6-10(30(27)28)2-4-12(16)20(14)24/h1-8H,(H,21,23)(H,22,24)(H,25,26)(H,27,28). The maximum absolute atomic E-state index is 13.0. The van der Waals surface area contributed by atoms with E-state index in [9.17, 15) is 27.1 Å². The Kier molecular flexibility index (Phi) is 4.19. The smallest absolute Gasteiger partial charge is 0.197 e. The van der Waals surface area contributed by atoms with Gasteiger partial charge in [-0.15, -0.1) is 0 Å². The molecule has 150 valence electrons. The van der Waals surface area contributed by atoms with Crippen LogP contribution < -0.4 is 10.9 Å². The predicted molar refractivity (Wildman–Crippen MR) is 116 cm³/mol. The molecule has 5 rings (SSSR count). The Labute approximate surface area is 172 Å². The quantitative estimate of drug-likeness (QED) is 0.246. The van der Waals surface area contributed by atoms with Gasteiger partial charge >= 0.3 is 0 Å². The lowest BCUT2D eigenvalue weighted by atomic mass is 10.1. The van der Waals surface area contributed by atoms with E-state index in [1.165, 1.54) is 36.4 Å². The fourth-order valence-corrected chi connectivity index (χ4v) is 4.44. The maximum Gasteiger partial charge on any atom is 0.197 e. The summed E-state index contributed by atoms with van der Waals surface area (Å²) in [5.74, 6) is 0. The zero-order chi connectivity index (χ0) is 21.2. The van der Waals surface area contributed by atoms with E-state index in [4.69, 9.17) is 0 Å². The molecule has 30 heavy (non-hydrogen) atoms. The molecule has 2 unspecified atom stereocenters. The van der Waals surface area contributed by atoms with Crippen LogP contribution in [0.4, 0.5) is 0 Å². The van der Waals surface area contributed by atoms with Gasteiger partial charge in [-0.3, -0.25) is 9.59 Å². The van der Waals surface area contributed by atoms with E-state index >= 15 is 0 Å². The lowest BCUT2D eigenvalue weighted by molar-refractivity contribution is 0.563. The predicted octanol–water partition coefficient (Wildman–Crippen LogP) is 2.84. The van der Waals surface area contributed by atoms with Gasteiger partial charge in [0.25, 0.3) is 0 Å². The minimum Gasteiger partial charge on any atom is -0.354 e. The van der Waals surface area contributed by atoms with E-state index in [0.29, 0.717) is 43.6 Å². The number of hydrogen-bond acceptors (Lipinski definition) is 4. The van der Waals surface area contributed by atoms with Crippen LogP contribution in [0.3, 0.4) is 0 Å². The molecule has 0 spiro atoms. The lowest BCUT2D eigenvalue weighted by Crippen LogP contribution is -2.08. The van der Waals surface area contributed by atoms with Gasteiger partial charge in [0.05, 0.1) is 31.9 Å². The van der Waals surface area contributed by atoms with Crippen molar-refractivity contribution in [1.29, 1.82) is 0 Å². The second kappa shape index (κ2) is 6.67. The summed E-state index contributed by atoms with van der Waals surface area (Å²) in [5.41, 5.74) is 1.03. The van der Waals surface area contributed by atoms with E-state index in [-0.39, 0.29) is 20.6 Å². The van der Waals surface area contributed by atoms with Crippen molar-refractivity contribution in [2.75, 3.05) is 0 Å². The van der Waals surface area contributed by atoms with Gasteiger partial charge in [0, 0.05) is 21.5 Å². The fraction of sp³-hybridized carbons (Fsp3) is 0. The normalized spacial score (nSPS) is 13.9. The van der Waals surface area contributed by atoms with Gasteiger partial charge in [0.1, 0.15) is 0 Å². The van der Waals surface area contributed by atoms with Crippen molar-refractivity contribution in [3.8, 4) is 0 Å². The van der Waals surface area contributed by atoms with Crippen LogP contribution in [-0.2, 0) is 22.2 Å². The zero-order valence-corrected chi connectivity index (χ0v) is 16.6. The minimum absolute atomic E-state index is 0.152. The summed E-state index contributed by atoms with van der Waals surface area (Å²) in [4.78, 5) is 32.4. The van der Waals surface area contributed by atoms with Gasteiger partial charge in [0.15, 0.2) is 33.0 Å². The van der Waals surface area contributed by atoms with Crippen molar-refractivity contribution in [3.05, 3.63) is 69.0 Å². The first-order valence-corrected chi connectivity index (χ1v) is 10.9. The number of fused-ring (bicyclic) bond motifs is 4. The third-order valence-corrected chi connectivity index (χ3v) is 6.37. The molecule has 0 bridgehead atoms. The third kappa shape index (κ3) is 2.81. The summed E-state index contributed by atoms with van der Waals surface area (Å²) in [6.07, 6.45) is 0. The van der Waals surface area contributed by atoms with Crippen LogP contribution in [-0.4, -0.2) is 27.5 Å². The SMILES string of the molecule is O=c1c2ccc(S(=O)O)cc2[nH]c2cc3c(=O)c4ccc(S(=O)O)cc4[nH]c3cc12. The first-order chi connectivity index (χ1) is 14.3. The van der Waals surface area contributed by atoms with Crippen LogP contribution in [0.25, 0.3) is 43.6 Å². The molecule has 0 saturated carbocycles. The van der Waals surface area contributed by atoms with Crippen LogP contribution in [0, 0.1) is 0 Å². The molecule has 5 aromatic rings. The van der Waals surface area contributed by atoms with Gasteiger partial charge in [-0.1, -0.05) is 0 Å². The Morgan fingerprint density at radius 1 is 0.567 bits per heavy atom. The number of benzene rings is 3. The topological polar surface area (TPSA) is 140 Å². The van der Waals surface area contributed by atoms with Gasteiger partial charge in [-0.05, 0) is 48.5 Å². The fourth-order valence-electron chi connectivity index (χ4n) is 3.63. The Hall–Kier alpha value is -3.18. The third-order valence-electron chi connectivity index (χ3n) is 5.06. The number of rotatable bonds is 2. The summed E-state index contributed by atoms with van der Waals surface area (Å²) in [5, 5.41) is 1.36. The van der Waals surface area contributed by atoms with E-state index in [2.05, 4.69) is 9.97 Å². The van der Waals surface area contributed by atoms with Gasteiger partial charge < -0.3 is 19.1 Å². The highest BCUT2D eigenvalue weighted by Gasteiger charge is 2.13. The molecule has 2 atom stereocenters. The molecule has 0 aliphatic rings. The number of pyridine rings is 2. The van der Waals surface area contributed by atoms with Gasteiger partial charge in [0.2, 0.25) is 0 Å². The Balaban J connectivity index is 1.89. The van der Waals surface area contributed by atoms with Crippen molar-refractivity contribution >= 4 is 65.8 Å².